The number of carboxylic acids is 1. The highest BCUT2D eigenvalue weighted by Gasteiger charge is 2.58. The second-order valence-corrected chi connectivity index (χ2v) is 15.4. The Bertz CT molecular complexity index is 2130. The van der Waals surface area contributed by atoms with E-state index in [2.05, 4.69) is 5.32 Å². The molecule has 5 rings (SSSR count). The van der Waals surface area contributed by atoms with Crippen LogP contribution in [0.2, 0.25) is 0 Å². The predicted octanol–water partition coefficient (Wildman–Crippen LogP) is 1.61. The number of amides is 1. The van der Waals surface area contributed by atoms with Gasteiger partial charge in [-0.1, -0.05) is 48.5 Å². The highest BCUT2D eigenvalue weighted by atomic mass is 16.8. The first-order valence-corrected chi connectivity index (χ1v) is 20.8. The van der Waals surface area contributed by atoms with Crippen LogP contribution in [0.25, 0.3) is 11.1 Å². The van der Waals surface area contributed by atoms with Gasteiger partial charge >= 0.3 is 53.8 Å². The summed E-state index contributed by atoms with van der Waals surface area (Å²) >= 11 is 0. The van der Waals surface area contributed by atoms with E-state index in [4.69, 9.17) is 56.8 Å². The summed E-state index contributed by atoms with van der Waals surface area (Å²) in [6.07, 6.45) is -18.6. The van der Waals surface area contributed by atoms with Crippen molar-refractivity contribution in [2.75, 3.05) is 26.4 Å². The largest absolute Gasteiger partial charge is 0.480 e. The van der Waals surface area contributed by atoms with Crippen LogP contribution < -0.4 is 5.32 Å². The van der Waals surface area contributed by atoms with Crippen molar-refractivity contribution in [2.45, 2.75) is 122 Å². The molecular weight excluding hydrogens is 894 g/mol. The maximum Gasteiger partial charge on any atom is 0.407 e. The number of rotatable bonds is 18. The van der Waals surface area contributed by atoms with Crippen molar-refractivity contribution < 1.29 is 105 Å². The van der Waals surface area contributed by atoms with E-state index in [9.17, 15) is 48.3 Å². The highest BCUT2D eigenvalue weighted by Crippen LogP contribution is 2.44. The summed E-state index contributed by atoms with van der Waals surface area (Å²) in [5.41, 5.74) is 3.73. The minimum Gasteiger partial charge on any atom is -0.480 e. The van der Waals surface area contributed by atoms with Gasteiger partial charge in [0.15, 0.2) is 49.1 Å². The average Bonchev–Trinajstić information content (AvgIpc) is 3.56. The molecule has 0 bridgehead atoms. The van der Waals surface area contributed by atoms with E-state index >= 15 is 0 Å². The van der Waals surface area contributed by atoms with Crippen LogP contribution in [0, 0.1) is 0 Å². The third-order valence-corrected chi connectivity index (χ3v) is 10.2. The average molecular weight is 946 g/mol. The number of hydrogen-bond donors (Lipinski definition) is 2. The smallest absolute Gasteiger partial charge is 0.407 e. The van der Waals surface area contributed by atoms with Gasteiger partial charge in [0.2, 0.25) is 0 Å². The summed E-state index contributed by atoms with van der Waals surface area (Å²) in [7, 11) is 0. The number of ether oxygens (including phenoxy) is 12. The Balaban J connectivity index is 1.43. The van der Waals surface area contributed by atoms with Crippen molar-refractivity contribution in [3.8, 4) is 11.1 Å². The quantitative estimate of drug-likeness (QED) is 0.158. The lowest BCUT2D eigenvalue weighted by molar-refractivity contribution is -0.361. The molecule has 1 aliphatic carbocycles. The molecule has 2 aromatic carbocycles. The molecule has 2 aromatic rings. The zero-order valence-electron chi connectivity index (χ0n) is 37.4. The summed E-state index contributed by atoms with van der Waals surface area (Å²) in [6.45, 7) is 4.63. The van der Waals surface area contributed by atoms with Gasteiger partial charge in [-0.2, -0.15) is 0 Å². The number of hydrogen-bond acceptors (Lipinski definition) is 21. The molecule has 0 unspecified atom stereocenters. The number of nitrogens with one attached hydrogen (secondary N) is 1. The van der Waals surface area contributed by atoms with Gasteiger partial charge in [-0.15, -0.1) is 0 Å². The number of carbonyl (C=O) groups is 9. The van der Waals surface area contributed by atoms with Gasteiger partial charge in [0.1, 0.15) is 38.1 Å². The first-order chi connectivity index (χ1) is 31.7. The Kier molecular flexibility index (Phi) is 17.7. The molecule has 0 radical (unpaired) electrons. The Hall–Kier alpha value is -6.69. The summed E-state index contributed by atoms with van der Waals surface area (Å²) in [5, 5.41) is 12.4. The van der Waals surface area contributed by atoms with Crippen LogP contribution in [0.3, 0.4) is 0 Å². The summed E-state index contributed by atoms with van der Waals surface area (Å²) in [5.74, 6) is -8.47. The topological polar surface area (TPSA) is 297 Å². The number of esters is 7. The van der Waals surface area contributed by atoms with E-state index in [1.54, 1.807) is 0 Å². The molecule has 23 heteroatoms. The number of alkyl carbamates (subject to hydrolysis) is 1. The minimum absolute atomic E-state index is 0.157. The SMILES string of the molecule is CC(=O)OC[C@@H]1O[C@@H](O[C@H]2[C@@H](OC(C)=O)[C@@H](OC(C)=O)[C@H](OC[C@H](NC(=O)OCC3c4ccccc4-c4ccccc43)C(=O)O)O[C@H]2COC(C)=O)[C@@H](OC(C)=O)[C@@H](OC(C)=O)[C@H]1OC(C)=O. The Morgan fingerprint density at radius 1 is 0.522 bits per heavy atom. The van der Waals surface area contributed by atoms with E-state index < -0.39 is 141 Å². The number of carboxylic acid groups (broad SMARTS) is 1. The van der Waals surface area contributed by atoms with Crippen molar-refractivity contribution in [3.05, 3.63) is 59.7 Å². The first-order valence-electron chi connectivity index (χ1n) is 20.8. The van der Waals surface area contributed by atoms with Crippen LogP contribution in [0.15, 0.2) is 48.5 Å². The maximum atomic E-state index is 13.2. The second kappa shape index (κ2) is 23.2. The molecule has 11 atom stereocenters. The standard InChI is InChI=1S/C44H51NO22/c1-20(46)56-18-33-35(60-22(3)48)37(61-23(4)49)40(64-26(7)52)43(66-33)67-36-34(19-57-21(2)47)65-42(39(63-25(6)51)38(36)62-24(5)50)58-17-32(41(53)54)45-44(55)59-16-31-29-14-10-8-12-27(29)28-13-9-11-15-30(28)31/h8-15,31-40,42-43H,16-19H2,1-7H3,(H,45,55)(H,53,54)/t32-,33-,34-,35-,36+,37-,38+,39+,40-,42+,43-/m0/s1. The second-order valence-electron chi connectivity index (χ2n) is 15.4. The zero-order chi connectivity index (χ0) is 49.1. The molecular formula is C44H51NO22. The van der Waals surface area contributed by atoms with Crippen molar-refractivity contribution >= 4 is 53.8 Å². The number of fused-ring (bicyclic) bond motifs is 3. The van der Waals surface area contributed by atoms with Crippen LogP contribution in [0.4, 0.5) is 4.79 Å². The molecule has 0 spiro atoms. The molecule has 0 saturated carbocycles. The number of carbonyl (C=O) groups excluding carboxylic acids is 8. The maximum absolute atomic E-state index is 13.2. The highest BCUT2D eigenvalue weighted by molar-refractivity contribution is 5.81. The molecule has 2 saturated heterocycles. The molecule has 67 heavy (non-hydrogen) atoms. The third kappa shape index (κ3) is 13.7. The lowest BCUT2D eigenvalue weighted by Gasteiger charge is -2.48. The van der Waals surface area contributed by atoms with Crippen molar-refractivity contribution in [1.82, 2.24) is 5.32 Å². The fraction of sp³-hybridized carbons (Fsp3) is 0.523. The van der Waals surface area contributed by atoms with Crippen molar-refractivity contribution in [3.63, 3.8) is 0 Å². The zero-order valence-corrected chi connectivity index (χ0v) is 37.4. The van der Waals surface area contributed by atoms with E-state index in [1.165, 1.54) is 0 Å². The summed E-state index contributed by atoms with van der Waals surface area (Å²) in [6, 6.07) is 13.3. The fourth-order valence-electron chi connectivity index (χ4n) is 7.75. The van der Waals surface area contributed by atoms with Crippen LogP contribution >= 0.6 is 0 Å². The molecule has 364 valence electrons. The fourth-order valence-corrected chi connectivity index (χ4v) is 7.75. The van der Waals surface area contributed by atoms with Gasteiger partial charge in [0.05, 0.1) is 6.61 Å². The molecule has 2 aliphatic heterocycles. The van der Waals surface area contributed by atoms with Crippen molar-refractivity contribution in [1.29, 1.82) is 0 Å². The Labute approximate surface area is 382 Å². The normalized spacial score (nSPS) is 25.7. The molecule has 2 fully saturated rings. The van der Waals surface area contributed by atoms with E-state index in [-0.39, 0.29) is 12.5 Å². The predicted molar refractivity (Wildman–Crippen MR) is 219 cm³/mol. The molecule has 0 aromatic heterocycles. The number of aliphatic carboxylic acids is 1. The lowest BCUT2D eigenvalue weighted by atomic mass is 9.96. The van der Waals surface area contributed by atoms with Crippen molar-refractivity contribution in [2.24, 2.45) is 0 Å². The third-order valence-electron chi connectivity index (χ3n) is 10.2. The lowest BCUT2D eigenvalue weighted by Crippen LogP contribution is -2.67. The van der Waals surface area contributed by atoms with Gasteiger partial charge in [0, 0.05) is 54.4 Å². The first kappa shape index (κ1) is 51.3. The Morgan fingerprint density at radius 2 is 0.940 bits per heavy atom. The van der Waals surface area contributed by atoms with Gasteiger partial charge in [-0.3, -0.25) is 33.6 Å². The van der Waals surface area contributed by atoms with Gasteiger partial charge in [-0.05, 0) is 22.3 Å². The molecule has 3 aliphatic rings. The molecule has 1 amide bonds. The minimum atomic E-state index is -1.93. The molecule has 23 nitrogen and oxygen atoms in total. The van der Waals surface area contributed by atoms with Crippen LogP contribution in [0.5, 0.6) is 0 Å². The van der Waals surface area contributed by atoms with Crippen LogP contribution in [-0.2, 0) is 95.2 Å². The summed E-state index contributed by atoms with van der Waals surface area (Å²) in [4.78, 5) is 112. The molecule has 2 heterocycles. The van der Waals surface area contributed by atoms with E-state index in [0.717, 1.165) is 70.7 Å². The Morgan fingerprint density at radius 3 is 1.42 bits per heavy atom. The van der Waals surface area contributed by atoms with E-state index in [1.807, 2.05) is 48.5 Å². The van der Waals surface area contributed by atoms with Gasteiger partial charge in [-0.25, -0.2) is 9.59 Å². The van der Waals surface area contributed by atoms with Gasteiger partial charge < -0.3 is 67.3 Å². The van der Waals surface area contributed by atoms with Crippen LogP contribution in [-0.4, -0.2) is 153 Å². The monoisotopic (exact) mass is 945 g/mol. The summed E-state index contributed by atoms with van der Waals surface area (Å²) < 4.78 is 67.7. The van der Waals surface area contributed by atoms with E-state index in [0.29, 0.717) is 0 Å². The molecule has 2 N–H and O–H groups in total. The number of benzene rings is 2. The van der Waals surface area contributed by atoms with Crippen LogP contribution in [0.1, 0.15) is 65.5 Å². The van der Waals surface area contributed by atoms with Gasteiger partial charge in [0.25, 0.3) is 0 Å².